The van der Waals surface area contributed by atoms with Gasteiger partial charge in [-0.1, -0.05) is 18.2 Å². The van der Waals surface area contributed by atoms with E-state index in [4.69, 9.17) is 15.2 Å². The van der Waals surface area contributed by atoms with Crippen molar-refractivity contribution in [2.24, 2.45) is 0 Å². The molecule has 0 atom stereocenters. The summed E-state index contributed by atoms with van der Waals surface area (Å²) in [5, 5.41) is 5.72. The molecule has 0 unspecified atom stereocenters. The zero-order valence-corrected chi connectivity index (χ0v) is 18.7. The van der Waals surface area contributed by atoms with Crippen molar-refractivity contribution in [3.63, 3.8) is 0 Å². The molecule has 1 heterocycles. The zero-order chi connectivity index (χ0) is 23.3. The van der Waals surface area contributed by atoms with Crippen LogP contribution in [0.15, 0.2) is 48.5 Å². The fourth-order valence-corrected chi connectivity index (χ4v) is 4.14. The molecule has 166 valence electrons. The van der Waals surface area contributed by atoms with Crippen LogP contribution in [0, 0.1) is 6.92 Å². The third-order valence-corrected chi connectivity index (χ3v) is 5.76. The van der Waals surface area contributed by atoms with Gasteiger partial charge >= 0.3 is 5.97 Å². The van der Waals surface area contributed by atoms with Crippen molar-refractivity contribution in [2.75, 3.05) is 30.1 Å². The third-order valence-electron chi connectivity index (χ3n) is 4.55. The summed E-state index contributed by atoms with van der Waals surface area (Å²) in [6, 6.07) is 13.5. The minimum atomic E-state index is -0.657. The number of thiophene rings is 1. The summed E-state index contributed by atoms with van der Waals surface area (Å²) in [5.41, 5.74) is 7.52. The van der Waals surface area contributed by atoms with Crippen molar-refractivity contribution < 1.29 is 23.9 Å². The highest BCUT2D eigenvalue weighted by Crippen LogP contribution is 2.35. The predicted octanol–water partition coefficient (Wildman–Crippen LogP) is 4.33. The monoisotopic (exact) mass is 453 g/mol. The first kappa shape index (κ1) is 22.8. The van der Waals surface area contributed by atoms with Crippen LogP contribution in [0.4, 0.5) is 16.4 Å². The van der Waals surface area contributed by atoms with Gasteiger partial charge in [0, 0.05) is 11.3 Å². The van der Waals surface area contributed by atoms with Crippen molar-refractivity contribution in [1.82, 2.24) is 0 Å². The number of nitrogens with one attached hydrogen (secondary N) is 2. The molecule has 0 fully saturated rings. The van der Waals surface area contributed by atoms with Gasteiger partial charge in [0.1, 0.15) is 10.8 Å². The molecule has 0 saturated carbocycles. The van der Waals surface area contributed by atoms with Gasteiger partial charge in [-0.25, -0.2) is 4.79 Å². The average Bonchev–Trinajstić information content (AvgIpc) is 3.10. The van der Waals surface area contributed by atoms with Crippen molar-refractivity contribution in [2.45, 2.75) is 13.8 Å². The Morgan fingerprint density at radius 1 is 1.03 bits per heavy atom. The topological polar surface area (TPSA) is 120 Å². The van der Waals surface area contributed by atoms with Gasteiger partial charge in [-0.05, 0) is 49.7 Å². The van der Waals surface area contributed by atoms with Crippen molar-refractivity contribution in [3.05, 3.63) is 70.1 Å². The molecule has 3 aromatic rings. The van der Waals surface area contributed by atoms with Crippen LogP contribution in [-0.2, 0) is 4.74 Å². The molecule has 2 amide bonds. The van der Waals surface area contributed by atoms with E-state index in [1.807, 2.05) is 6.92 Å². The number of amides is 2. The van der Waals surface area contributed by atoms with Crippen LogP contribution in [0.2, 0.25) is 0 Å². The van der Waals surface area contributed by atoms with Gasteiger partial charge in [0.05, 0.1) is 29.8 Å². The number of esters is 1. The lowest BCUT2D eigenvalue weighted by Crippen LogP contribution is -2.14. The maximum Gasteiger partial charge on any atom is 0.341 e. The van der Waals surface area contributed by atoms with Crippen molar-refractivity contribution in [1.29, 1.82) is 0 Å². The van der Waals surface area contributed by atoms with Gasteiger partial charge in [0.25, 0.3) is 11.8 Å². The number of benzene rings is 2. The summed E-state index contributed by atoms with van der Waals surface area (Å²) in [6.07, 6.45) is 0. The van der Waals surface area contributed by atoms with Crippen LogP contribution in [-0.4, -0.2) is 31.5 Å². The van der Waals surface area contributed by atoms with E-state index >= 15 is 0 Å². The van der Waals surface area contributed by atoms with E-state index in [0.29, 0.717) is 34.9 Å². The highest BCUT2D eigenvalue weighted by Gasteiger charge is 2.27. The molecule has 0 spiro atoms. The normalized spacial score (nSPS) is 10.3. The van der Waals surface area contributed by atoms with Gasteiger partial charge in [-0.3, -0.25) is 9.59 Å². The standard InChI is InChI=1S/C23H23N3O5S/c1-4-31-17-11-6-5-10-16(17)25-21(28)19-13(2)18(23(29)30-3)22(32-19)26-20(27)14-8-7-9-15(24)12-14/h5-12H,4,24H2,1-3H3,(H,25,28)(H,26,27). The SMILES string of the molecule is CCOc1ccccc1NC(=O)c1sc(NC(=O)c2cccc(N)c2)c(C(=O)OC)c1C. The molecule has 4 N–H and O–H groups in total. The Kier molecular flexibility index (Phi) is 7.11. The molecule has 2 aromatic carbocycles. The molecule has 9 heteroatoms. The number of carbonyl (C=O) groups excluding carboxylic acids is 3. The van der Waals surface area contributed by atoms with Gasteiger partial charge in [-0.15, -0.1) is 11.3 Å². The Morgan fingerprint density at radius 2 is 1.78 bits per heavy atom. The highest BCUT2D eigenvalue weighted by atomic mass is 32.1. The lowest BCUT2D eigenvalue weighted by Gasteiger charge is -2.11. The number of ether oxygens (including phenoxy) is 2. The van der Waals surface area contributed by atoms with E-state index in [9.17, 15) is 14.4 Å². The molecule has 3 rings (SSSR count). The predicted molar refractivity (Wildman–Crippen MR) is 125 cm³/mol. The molecule has 1 aromatic heterocycles. The number of nitrogen functional groups attached to an aromatic ring is 1. The van der Waals surface area contributed by atoms with E-state index in [-0.39, 0.29) is 15.4 Å². The number of methoxy groups -OCH3 is 1. The summed E-state index contributed by atoms with van der Waals surface area (Å²) in [7, 11) is 1.24. The molecule has 0 aliphatic rings. The second kappa shape index (κ2) is 9.97. The van der Waals surface area contributed by atoms with Crippen LogP contribution < -0.4 is 21.1 Å². The smallest absolute Gasteiger partial charge is 0.341 e. The first-order valence-electron chi connectivity index (χ1n) is 9.77. The Bertz CT molecular complexity index is 1170. The fraction of sp³-hybridized carbons (Fsp3) is 0.174. The molecule has 0 aliphatic carbocycles. The first-order chi connectivity index (χ1) is 15.3. The summed E-state index contributed by atoms with van der Waals surface area (Å²) in [5.74, 6) is -1.03. The number of hydrogen-bond acceptors (Lipinski definition) is 7. The fourth-order valence-electron chi connectivity index (χ4n) is 3.05. The Hall–Kier alpha value is -3.85. The Morgan fingerprint density at radius 3 is 2.47 bits per heavy atom. The second-order valence-electron chi connectivity index (χ2n) is 6.71. The molecule has 0 aliphatic heterocycles. The van der Waals surface area contributed by atoms with Crippen LogP contribution in [0.25, 0.3) is 0 Å². The van der Waals surface area contributed by atoms with Crippen molar-refractivity contribution >= 4 is 45.5 Å². The zero-order valence-electron chi connectivity index (χ0n) is 17.9. The molecule has 0 bridgehead atoms. The van der Waals surface area contributed by atoms with E-state index < -0.39 is 17.8 Å². The maximum absolute atomic E-state index is 13.0. The lowest BCUT2D eigenvalue weighted by molar-refractivity contribution is 0.0601. The molecule has 0 radical (unpaired) electrons. The average molecular weight is 454 g/mol. The second-order valence-corrected chi connectivity index (χ2v) is 7.74. The molecular formula is C23H23N3O5S. The number of nitrogens with two attached hydrogens (primary N) is 1. The minimum absolute atomic E-state index is 0.123. The van der Waals surface area contributed by atoms with Gasteiger partial charge < -0.3 is 25.8 Å². The minimum Gasteiger partial charge on any atom is -0.492 e. The number of rotatable bonds is 7. The van der Waals surface area contributed by atoms with E-state index in [1.54, 1.807) is 49.4 Å². The summed E-state index contributed by atoms with van der Waals surface area (Å²) < 4.78 is 10.4. The number of para-hydroxylation sites is 2. The number of anilines is 3. The summed E-state index contributed by atoms with van der Waals surface area (Å²) in [6.45, 7) is 3.92. The summed E-state index contributed by atoms with van der Waals surface area (Å²) >= 11 is 0.987. The Labute approximate surface area is 189 Å². The van der Waals surface area contributed by atoms with Gasteiger partial charge in [0.15, 0.2) is 0 Å². The highest BCUT2D eigenvalue weighted by molar-refractivity contribution is 7.19. The van der Waals surface area contributed by atoms with Crippen LogP contribution in [0.1, 0.15) is 42.9 Å². The largest absolute Gasteiger partial charge is 0.492 e. The summed E-state index contributed by atoms with van der Waals surface area (Å²) in [4.78, 5) is 38.4. The lowest BCUT2D eigenvalue weighted by atomic mass is 10.1. The van der Waals surface area contributed by atoms with Crippen LogP contribution in [0.5, 0.6) is 5.75 Å². The van der Waals surface area contributed by atoms with Crippen molar-refractivity contribution in [3.8, 4) is 5.75 Å². The number of carbonyl (C=O) groups is 3. The van der Waals surface area contributed by atoms with Gasteiger partial charge in [0.2, 0.25) is 0 Å². The quantitative estimate of drug-likeness (QED) is 0.362. The first-order valence-corrected chi connectivity index (χ1v) is 10.6. The third kappa shape index (κ3) is 4.89. The van der Waals surface area contributed by atoms with Crippen LogP contribution in [0.3, 0.4) is 0 Å². The number of hydrogen-bond donors (Lipinski definition) is 3. The van der Waals surface area contributed by atoms with E-state index in [1.165, 1.54) is 13.2 Å². The molecular weight excluding hydrogens is 430 g/mol. The Balaban J connectivity index is 1.94. The van der Waals surface area contributed by atoms with Gasteiger partial charge in [-0.2, -0.15) is 0 Å². The van der Waals surface area contributed by atoms with E-state index in [0.717, 1.165) is 11.3 Å². The molecule has 32 heavy (non-hydrogen) atoms. The molecule has 0 saturated heterocycles. The molecule has 8 nitrogen and oxygen atoms in total. The van der Waals surface area contributed by atoms with E-state index in [2.05, 4.69) is 10.6 Å². The van der Waals surface area contributed by atoms with Crippen LogP contribution >= 0.6 is 11.3 Å². The maximum atomic E-state index is 13.0.